The van der Waals surface area contributed by atoms with Gasteiger partial charge in [0.2, 0.25) is 0 Å². The second-order valence-electron chi connectivity index (χ2n) is 6.60. The number of hydrogen-bond acceptors (Lipinski definition) is 3. The fraction of sp³-hybridized carbons (Fsp3) is 0.400. The van der Waals surface area contributed by atoms with Crippen molar-refractivity contribution in [1.29, 1.82) is 0 Å². The zero-order chi connectivity index (χ0) is 16.4. The molecule has 1 saturated heterocycles. The quantitative estimate of drug-likeness (QED) is 0.861. The van der Waals surface area contributed by atoms with Crippen LogP contribution >= 0.6 is 0 Å². The van der Waals surface area contributed by atoms with Crippen LogP contribution in [0.3, 0.4) is 0 Å². The number of morpholine rings is 1. The van der Waals surface area contributed by atoms with Gasteiger partial charge in [0.25, 0.3) is 0 Å². The van der Waals surface area contributed by atoms with Crippen molar-refractivity contribution in [3.8, 4) is 5.75 Å². The van der Waals surface area contributed by atoms with Gasteiger partial charge in [0.15, 0.2) is 0 Å². The highest BCUT2D eigenvalue weighted by molar-refractivity contribution is 5.39. The number of rotatable bonds is 4. The summed E-state index contributed by atoms with van der Waals surface area (Å²) in [5.41, 5.74) is 3.78. The lowest BCUT2D eigenvalue weighted by Gasteiger charge is -2.33. The van der Waals surface area contributed by atoms with Gasteiger partial charge in [-0.25, -0.2) is 4.39 Å². The molecular weight excluding hydrogens is 305 g/mol. The van der Waals surface area contributed by atoms with E-state index in [1.165, 1.54) is 23.3 Å². The molecule has 2 aromatic carbocycles. The number of fused-ring (bicyclic) bond motifs is 1. The van der Waals surface area contributed by atoms with E-state index in [1.807, 2.05) is 12.1 Å². The smallest absolute Gasteiger partial charge is 0.123 e. The highest BCUT2D eigenvalue weighted by atomic mass is 19.1. The van der Waals surface area contributed by atoms with Gasteiger partial charge in [-0.15, -0.1) is 0 Å². The van der Waals surface area contributed by atoms with Crippen molar-refractivity contribution in [2.75, 3.05) is 26.3 Å². The number of ether oxygens (including phenoxy) is 2. The largest absolute Gasteiger partial charge is 0.493 e. The Morgan fingerprint density at radius 3 is 2.75 bits per heavy atom. The molecule has 2 aromatic rings. The van der Waals surface area contributed by atoms with Gasteiger partial charge >= 0.3 is 0 Å². The maximum absolute atomic E-state index is 13.0. The van der Waals surface area contributed by atoms with Crippen LogP contribution in [0.15, 0.2) is 42.5 Å². The van der Waals surface area contributed by atoms with Gasteiger partial charge in [-0.05, 0) is 41.3 Å². The summed E-state index contributed by atoms with van der Waals surface area (Å²) in [5.74, 6) is 0.848. The molecule has 0 N–H and O–H groups in total. The third-order valence-electron chi connectivity index (χ3n) is 4.76. The second kappa shape index (κ2) is 6.91. The molecule has 3 nitrogen and oxygen atoms in total. The van der Waals surface area contributed by atoms with Gasteiger partial charge in [-0.3, -0.25) is 4.90 Å². The average molecular weight is 327 g/mol. The molecule has 1 fully saturated rings. The van der Waals surface area contributed by atoms with E-state index in [1.54, 1.807) is 0 Å². The van der Waals surface area contributed by atoms with Crippen LogP contribution in [0, 0.1) is 5.82 Å². The van der Waals surface area contributed by atoms with Crippen molar-refractivity contribution >= 4 is 0 Å². The fourth-order valence-corrected chi connectivity index (χ4v) is 3.53. The normalized spacial score (nSPS) is 20.6. The Hall–Kier alpha value is -1.91. The van der Waals surface area contributed by atoms with Gasteiger partial charge in [0.1, 0.15) is 11.6 Å². The van der Waals surface area contributed by atoms with Crippen LogP contribution in [-0.2, 0) is 24.1 Å². The maximum atomic E-state index is 13.0. The van der Waals surface area contributed by atoms with E-state index < -0.39 is 0 Å². The molecule has 0 bridgehead atoms. The Labute approximate surface area is 142 Å². The molecule has 2 aliphatic heterocycles. The lowest BCUT2D eigenvalue weighted by Crippen LogP contribution is -2.42. The first-order chi connectivity index (χ1) is 11.8. The zero-order valence-corrected chi connectivity index (χ0v) is 13.7. The lowest BCUT2D eigenvalue weighted by atomic mass is 10.1. The van der Waals surface area contributed by atoms with Crippen LogP contribution in [0.1, 0.15) is 16.7 Å². The number of halogens is 1. The molecule has 4 rings (SSSR count). The minimum Gasteiger partial charge on any atom is -0.493 e. The van der Waals surface area contributed by atoms with Crippen molar-refractivity contribution in [2.45, 2.75) is 25.5 Å². The van der Waals surface area contributed by atoms with Gasteiger partial charge < -0.3 is 9.47 Å². The molecule has 2 heterocycles. The first-order valence-electron chi connectivity index (χ1n) is 8.59. The minimum atomic E-state index is -0.189. The van der Waals surface area contributed by atoms with E-state index in [0.29, 0.717) is 0 Å². The van der Waals surface area contributed by atoms with Crippen LogP contribution < -0.4 is 4.74 Å². The Morgan fingerprint density at radius 1 is 1.04 bits per heavy atom. The van der Waals surface area contributed by atoms with E-state index in [-0.39, 0.29) is 11.9 Å². The molecule has 126 valence electrons. The molecule has 0 aliphatic carbocycles. The molecule has 0 amide bonds. The third-order valence-corrected chi connectivity index (χ3v) is 4.76. The van der Waals surface area contributed by atoms with Gasteiger partial charge in [-0.1, -0.05) is 24.3 Å². The Bertz CT molecular complexity index is 701. The van der Waals surface area contributed by atoms with Crippen molar-refractivity contribution in [2.24, 2.45) is 0 Å². The molecular formula is C20H22FNO2. The van der Waals surface area contributed by atoms with E-state index in [9.17, 15) is 4.39 Å². The lowest BCUT2D eigenvalue weighted by molar-refractivity contribution is -0.0305. The third kappa shape index (κ3) is 3.60. The summed E-state index contributed by atoms with van der Waals surface area (Å²) >= 11 is 0. The topological polar surface area (TPSA) is 21.7 Å². The van der Waals surface area contributed by atoms with E-state index in [2.05, 4.69) is 23.1 Å². The van der Waals surface area contributed by atoms with Crippen molar-refractivity contribution in [3.05, 3.63) is 65.0 Å². The molecule has 24 heavy (non-hydrogen) atoms. The summed E-state index contributed by atoms with van der Waals surface area (Å²) < 4.78 is 24.5. The number of hydrogen-bond donors (Lipinski definition) is 0. The highest BCUT2D eigenvalue weighted by Gasteiger charge is 2.21. The van der Waals surface area contributed by atoms with Gasteiger partial charge in [0.05, 0.1) is 19.3 Å². The maximum Gasteiger partial charge on any atom is 0.123 e. The molecule has 0 unspecified atom stereocenters. The number of nitrogens with zero attached hydrogens (tertiary/aromatic N) is 1. The summed E-state index contributed by atoms with van der Waals surface area (Å²) in [5, 5.41) is 0. The monoisotopic (exact) mass is 327 g/mol. The van der Waals surface area contributed by atoms with Crippen molar-refractivity contribution < 1.29 is 13.9 Å². The second-order valence-corrected chi connectivity index (χ2v) is 6.60. The minimum absolute atomic E-state index is 0.168. The van der Waals surface area contributed by atoms with Crippen LogP contribution in [0.5, 0.6) is 5.75 Å². The average Bonchev–Trinajstić information content (AvgIpc) is 3.05. The fourth-order valence-electron chi connectivity index (χ4n) is 3.53. The van der Waals surface area contributed by atoms with Crippen LogP contribution in [-0.4, -0.2) is 37.3 Å². The van der Waals surface area contributed by atoms with Gasteiger partial charge in [0, 0.05) is 26.1 Å². The van der Waals surface area contributed by atoms with Crippen molar-refractivity contribution in [3.63, 3.8) is 0 Å². The molecule has 0 saturated carbocycles. The molecule has 1 atom stereocenters. The standard InChI is InChI=1S/C20H22FNO2/c21-18-4-1-15(2-5-18)12-19-14-22(8-10-23-19)13-16-3-6-20-17(11-16)7-9-24-20/h1-6,11,19H,7-10,12-14H2/t19-/m1/s1. The summed E-state index contributed by atoms with van der Waals surface area (Å²) in [6.07, 6.45) is 2.01. The zero-order valence-electron chi connectivity index (χ0n) is 13.7. The van der Waals surface area contributed by atoms with Crippen molar-refractivity contribution in [1.82, 2.24) is 4.90 Å². The molecule has 4 heteroatoms. The summed E-state index contributed by atoms with van der Waals surface area (Å²) in [4.78, 5) is 2.44. The Kier molecular flexibility index (Phi) is 4.50. The van der Waals surface area contributed by atoms with Crippen LogP contribution in [0.2, 0.25) is 0 Å². The molecule has 0 aromatic heterocycles. The molecule has 0 spiro atoms. The first kappa shape index (κ1) is 15.6. The first-order valence-corrected chi connectivity index (χ1v) is 8.59. The number of benzene rings is 2. The van der Waals surface area contributed by atoms with Crippen LogP contribution in [0.25, 0.3) is 0 Å². The summed E-state index contributed by atoms with van der Waals surface area (Å²) in [6.45, 7) is 4.35. The van der Waals surface area contributed by atoms with E-state index >= 15 is 0 Å². The summed E-state index contributed by atoms with van der Waals surface area (Å²) in [7, 11) is 0. The molecule has 2 aliphatic rings. The summed E-state index contributed by atoms with van der Waals surface area (Å²) in [6, 6.07) is 13.2. The highest BCUT2D eigenvalue weighted by Crippen LogP contribution is 2.26. The van der Waals surface area contributed by atoms with E-state index in [4.69, 9.17) is 9.47 Å². The predicted molar refractivity (Wildman–Crippen MR) is 90.8 cm³/mol. The van der Waals surface area contributed by atoms with Gasteiger partial charge in [-0.2, -0.15) is 0 Å². The SMILES string of the molecule is Fc1ccc(C[C@@H]2CN(Cc3ccc4c(c3)CCO4)CCO2)cc1. The predicted octanol–water partition coefficient (Wildman–Crippen LogP) is 3.20. The van der Waals surface area contributed by atoms with E-state index in [0.717, 1.165) is 57.0 Å². The molecule has 0 radical (unpaired) electrons. The Morgan fingerprint density at radius 2 is 1.88 bits per heavy atom. The Balaban J connectivity index is 1.37. The van der Waals surface area contributed by atoms with Crippen LogP contribution in [0.4, 0.5) is 4.39 Å².